The molecule has 0 fully saturated rings. The molecule has 0 aliphatic rings. The molecule has 0 aliphatic heterocycles. The van der Waals surface area contributed by atoms with Crippen LogP contribution in [0.3, 0.4) is 0 Å². The number of benzene rings is 1. The minimum Gasteiger partial charge on any atom is -0.397 e. The van der Waals surface area contributed by atoms with Crippen LogP contribution in [-0.4, -0.2) is 18.1 Å². The van der Waals surface area contributed by atoms with Gasteiger partial charge in [-0.05, 0) is 35.2 Å². The monoisotopic (exact) mass is 292 g/mol. The van der Waals surface area contributed by atoms with E-state index in [4.69, 9.17) is 5.73 Å². The molecule has 84 valence electrons. The molecule has 1 rings (SSSR count). The Morgan fingerprint density at radius 1 is 1.60 bits per heavy atom. The minimum atomic E-state index is -0.303. The molecule has 1 atom stereocenters. The van der Waals surface area contributed by atoms with Crippen molar-refractivity contribution in [3.05, 3.63) is 22.4 Å². The zero-order valence-corrected chi connectivity index (χ0v) is 11.1. The third-order valence-electron chi connectivity index (χ3n) is 1.91. The van der Waals surface area contributed by atoms with Gasteiger partial charge in [-0.25, -0.2) is 4.39 Å². The molecule has 0 aromatic heterocycles. The number of thioether (sulfide) groups is 1. The van der Waals surface area contributed by atoms with Crippen LogP contribution in [0.1, 0.15) is 6.92 Å². The lowest BCUT2D eigenvalue weighted by Gasteiger charge is -2.16. The number of nitrogens with two attached hydrogens (primary N) is 1. The van der Waals surface area contributed by atoms with E-state index in [1.165, 1.54) is 6.07 Å². The Balaban J connectivity index is 2.81. The van der Waals surface area contributed by atoms with Gasteiger partial charge < -0.3 is 11.1 Å². The Bertz CT molecular complexity index is 346. The summed E-state index contributed by atoms with van der Waals surface area (Å²) in [7, 11) is 0. The number of nitrogens with one attached hydrogen (secondary N) is 1. The van der Waals surface area contributed by atoms with Gasteiger partial charge in [-0.3, -0.25) is 0 Å². The van der Waals surface area contributed by atoms with Crippen LogP contribution in [0.15, 0.2) is 16.6 Å². The molecule has 1 unspecified atom stereocenters. The number of anilines is 2. The maximum Gasteiger partial charge on any atom is 0.139 e. The number of hydrogen-bond donors (Lipinski definition) is 2. The Kier molecular flexibility index (Phi) is 4.73. The fourth-order valence-electron chi connectivity index (χ4n) is 1.24. The van der Waals surface area contributed by atoms with Gasteiger partial charge in [0.05, 0.1) is 15.8 Å². The van der Waals surface area contributed by atoms with Crippen molar-refractivity contribution >= 4 is 39.1 Å². The van der Waals surface area contributed by atoms with Gasteiger partial charge in [-0.15, -0.1) is 0 Å². The van der Waals surface area contributed by atoms with Gasteiger partial charge in [0.2, 0.25) is 0 Å². The third kappa shape index (κ3) is 3.57. The number of rotatable bonds is 4. The summed E-state index contributed by atoms with van der Waals surface area (Å²) in [4.78, 5) is 0. The van der Waals surface area contributed by atoms with Crippen LogP contribution in [0.25, 0.3) is 0 Å². The summed E-state index contributed by atoms with van der Waals surface area (Å²) in [5, 5.41) is 3.17. The molecule has 0 saturated carbocycles. The maximum absolute atomic E-state index is 13.2. The Morgan fingerprint density at radius 2 is 2.27 bits per heavy atom. The summed E-state index contributed by atoms with van der Waals surface area (Å²) >= 11 is 4.83. The lowest BCUT2D eigenvalue weighted by molar-refractivity contribution is 0.621. The van der Waals surface area contributed by atoms with E-state index in [1.807, 2.05) is 13.2 Å². The molecule has 1 aromatic carbocycles. The highest BCUT2D eigenvalue weighted by Gasteiger charge is 2.08. The molecular formula is C10H14BrFN2S. The molecule has 3 N–H and O–H groups in total. The van der Waals surface area contributed by atoms with Crippen molar-refractivity contribution < 1.29 is 4.39 Å². The van der Waals surface area contributed by atoms with E-state index in [0.717, 1.165) is 5.75 Å². The zero-order valence-electron chi connectivity index (χ0n) is 8.68. The van der Waals surface area contributed by atoms with E-state index in [0.29, 0.717) is 15.8 Å². The first-order chi connectivity index (χ1) is 7.04. The second-order valence-electron chi connectivity index (χ2n) is 3.35. The van der Waals surface area contributed by atoms with Gasteiger partial charge in [0.1, 0.15) is 5.82 Å². The predicted octanol–water partition coefficient (Wildman–Crippen LogP) is 3.33. The van der Waals surface area contributed by atoms with Crippen LogP contribution in [0.4, 0.5) is 15.8 Å². The molecule has 0 heterocycles. The second kappa shape index (κ2) is 5.61. The van der Waals surface area contributed by atoms with Crippen LogP contribution in [0.5, 0.6) is 0 Å². The third-order valence-corrected chi connectivity index (χ3v) is 3.35. The Morgan fingerprint density at radius 3 is 2.87 bits per heavy atom. The molecule has 0 spiro atoms. The molecule has 0 saturated heterocycles. The number of nitrogen functional groups attached to an aromatic ring is 1. The van der Waals surface area contributed by atoms with Crippen LogP contribution in [0, 0.1) is 5.82 Å². The molecular weight excluding hydrogens is 279 g/mol. The zero-order chi connectivity index (χ0) is 11.4. The predicted molar refractivity (Wildman–Crippen MR) is 70.0 cm³/mol. The fourth-order valence-corrected chi connectivity index (χ4v) is 2.19. The van der Waals surface area contributed by atoms with Crippen molar-refractivity contribution in [3.8, 4) is 0 Å². The first-order valence-electron chi connectivity index (χ1n) is 4.54. The Labute approximate surface area is 102 Å². The highest BCUT2D eigenvalue weighted by molar-refractivity contribution is 9.10. The highest BCUT2D eigenvalue weighted by atomic mass is 79.9. The summed E-state index contributed by atoms with van der Waals surface area (Å²) in [5.74, 6) is 0.653. The summed E-state index contributed by atoms with van der Waals surface area (Å²) in [6.07, 6.45) is 2.03. The second-order valence-corrected chi connectivity index (χ2v) is 5.12. The van der Waals surface area contributed by atoms with Gasteiger partial charge in [-0.2, -0.15) is 11.8 Å². The van der Waals surface area contributed by atoms with Crippen molar-refractivity contribution in [2.24, 2.45) is 0 Å². The smallest absolute Gasteiger partial charge is 0.139 e. The topological polar surface area (TPSA) is 38.0 Å². The number of halogens is 2. The van der Waals surface area contributed by atoms with E-state index in [2.05, 4.69) is 21.2 Å². The van der Waals surface area contributed by atoms with Gasteiger partial charge in [0.15, 0.2) is 0 Å². The standard InChI is InChI=1S/C10H14BrFN2S/c1-6(5-15-2)14-10-4-8(12)7(11)3-9(10)13/h3-4,6,14H,5,13H2,1-2H3. The summed E-state index contributed by atoms with van der Waals surface area (Å²) in [5.41, 5.74) is 6.97. The molecule has 0 bridgehead atoms. The lowest BCUT2D eigenvalue weighted by atomic mass is 10.2. The van der Waals surface area contributed by atoms with Crippen molar-refractivity contribution in [3.63, 3.8) is 0 Å². The SMILES string of the molecule is CSCC(C)Nc1cc(F)c(Br)cc1N. The van der Waals surface area contributed by atoms with Gasteiger partial charge in [0, 0.05) is 17.9 Å². The van der Waals surface area contributed by atoms with E-state index in [-0.39, 0.29) is 11.9 Å². The summed E-state index contributed by atoms with van der Waals surface area (Å²) < 4.78 is 13.6. The van der Waals surface area contributed by atoms with Crippen molar-refractivity contribution in [1.29, 1.82) is 0 Å². The number of hydrogen-bond acceptors (Lipinski definition) is 3. The lowest BCUT2D eigenvalue weighted by Crippen LogP contribution is -2.18. The van der Waals surface area contributed by atoms with Gasteiger partial charge in [-0.1, -0.05) is 0 Å². The van der Waals surface area contributed by atoms with Crippen LogP contribution in [-0.2, 0) is 0 Å². The van der Waals surface area contributed by atoms with Crippen LogP contribution in [0.2, 0.25) is 0 Å². The molecule has 2 nitrogen and oxygen atoms in total. The fraction of sp³-hybridized carbons (Fsp3) is 0.400. The minimum absolute atomic E-state index is 0.267. The van der Waals surface area contributed by atoms with Crippen molar-refractivity contribution in [1.82, 2.24) is 0 Å². The average Bonchev–Trinajstić information content (AvgIpc) is 2.14. The molecule has 5 heteroatoms. The molecule has 15 heavy (non-hydrogen) atoms. The molecule has 0 aliphatic carbocycles. The highest BCUT2D eigenvalue weighted by Crippen LogP contribution is 2.27. The van der Waals surface area contributed by atoms with Crippen molar-refractivity contribution in [2.75, 3.05) is 23.1 Å². The van der Waals surface area contributed by atoms with Crippen molar-refractivity contribution in [2.45, 2.75) is 13.0 Å². The van der Waals surface area contributed by atoms with Gasteiger partial charge in [0.25, 0.3) is 0 Å². The van der Waals surface area contributed by atoms with E-state index < -0.39 is 0 Å². The largest absolute Gasteiger partial charge is 0.397 e. The molecule has 1 aromatic rings. The van der Waals surface area contributed by atoms with E-state index in [1.54, 1.807) is 17.8 Å². The molecule has 0 amide bonds. The first kappa shape index (κ1) is 12.6. The molecule has 0 radical (unpaired) electrons. The van der Waals surface area contributed by atoms with Crippen LogP contribution >= 0.6 is 27.7 Å². The Hall–Kier alpha value is -0.420. The average molecular weight is 293 g/mol. The maximum atomic E-state index is 13.2. The van der Waals surface area contributed by atoms with E-state index >= 15 is 0 Å². The summed E-state index contributed by atoms with van der Waals surface area (Å²) in [6, 6.07) is 3.25. The summed E-state index contributed by atoms with van der Waals surface area (Å²) in [6.45, 7) is 2.04. The quantitative estimate of drug-likeness (QED) is 0.836. The normalized spacial score (nSPS) is 12.5. The van der Waals surface area contributed by atoms with Crippen LogP contribution < -0.4 is 11.1 Å². The van der Waals surface area contributed by atoms with E-state index in [9.17, 15) is 4.39 Å². The first-order valence-corrected chi connectivity index (χ1v) is 6.73. The van der Waals surface area contributed by atoms with Gasteiger partial charge >= 0.3 is 0 Å².